The van der Waals surface area contributed by atoms with Crippen molar-refractivity contribution < 1.29 is 23.4 Å². The molecule has 0 spiro atoms. The van der Waals surface area contributed by atoms with E-state index < -0.39 is 17.7 Å². The first-order valence-electron chi connectivity index (χ1n) is 9.17. The van der Waals surface area contributed by atoms with Crippen LogP contribution in [0.25, 0.3) is 0 Å². The van der Waals surface area contributed by atoms with Crippen molar-refractivity contribution in [2.45, 2.75) is 40.0 Å². The number of nitriles is 1. The average Bonchev–Trinajstić information content (AvgIpc) is 2.62. The number of hydrogen-bond donors (Lipinski definition) is 1. The molecule has 0 fully saturated rings. The summed E-state index contributed by atoms with van der Waals surface area (Å²) in [5.74, 6) is -1.23. The summed E-state index contributed by atoms with van der Waals surface area (Å²) in [6.07, 6.45) is 0.799. The molecule has 0 aliphatic carbocycles. The van der Waals surface area contributed by atoms with Crippen molar-refractivity contribution in [3.8, 4) is 11.8 Å². The lowest BCUT2D eigenvalue weighted by atomic mass is 9.82. The molecule has 0 amide bonds. The first-order chi connectivity index (χ1) is 13.3. The van der Waals surface area contributed by atoms with E-state index in [9.17, 15) is 14.4 Å². The lowest BCUT2D eigenvalue weighted by Crippen LogP contribution is -2.26. The van der Waals surface area contributed by atoms with Crippen molar-refractivity contribution in [3.63, 3.8) is 0 Å². The molecule has 2 N–H and O–H groups in total. The number of ether oxygens (including phenoxy) is 3. The summed E-state index contributed by atoms with van der Waals surface area (Å²) in [5.41, 5.74) is 6.32. The van der Waals surface area contributed by atoms with Gasteiger partial charge in [-0.3, -0.25) is 0 Å². The van der Waals surface area contributed by atoms with E-state index in [1.807, 2.05) is 6.07 Å². The monoisotopic (exact) mass is 388 g/mol. The Morgan fingerprint density at radius 2 is 2.14 bits per heavy atom. The maximum Gasteiger partial charge on any atom is 0.338 e. The molecule has 2 rings (SSSR count). The van der Waals surface area contributed by atoms with Gasteiger partial charge in [0.15, 0.2) is 0 Å². The van der Waals surface area contributed by atoms with Crippen LogP contribution >= 0.6 is 0 Å². The second-order valence-electron chi connectivity index (χ2n) is 6.83. The first-order valence-corrected chi connectivity index (χ1v) is 9.17. The summed E-state index contributed by atoms with van der Waals surface area (Å²) in [6.45, 7) is 7.91. The van der Waals surface area contributed by atoms with Crippen LogP contribution in [0.3, 0.4) is 0 Å². The summed E-state index contributed by atoms with van der Waals surface area (Å²) in [4.78, 5) is 12.6. The van der Waals surface area contributed by atoms with Crippen molar-refractivity contribution in [1.29, 1.82) is 5.26 Å². The molecule has 0 bridgehead atoms. The van der Waals surface area contributed by atoms with Crippen LogP contribution in [0.2, 0.25) is 0 Å². The molecule has 1 atom stereocenters. The minimum Gasteiger partial charge on any atom is -0.493 e. The first kappa shape index (κ1) is 21.3. The predicted octanol–water partition coefficient (Wildman–Crippen LogP) is 3.90. The third-order valence-corrected chi connectivity index (χ3v) is 4.34. The summed E-state index contributed by atoms with van der Waals surface area (Å²) in [7, 11) is 0. The van der Waals surface area contributed by atoms with Gasteiger partial charge in [-0.1, -0.05) is 13.8 Å². The van der Waals surface area contributed by atoms with Gasteiger partial charge in [-0.2, -0.15) is 5.26 Å². The number of carbonyl (C=O) groups excluding carboxylic acids is 1. The number of nitrogens with zero attached hydrogens (tertiary/aromatic N) is 1. The molecule has 1 heterocycles. The Hall–Kier alpha value is -3.01. The zero-order valence-corrected chi connectivity index (χ0v) is 16.5. The summed E-state index contributed by atoms with van der Waals surface area (Å²) < 4.78 is 30.5. The van der Waals surface area contributed by atoms with Crippen molar-refractivity contribution in [2.75, 3.05) is 13.2 Å². The van der Waals surface area contributed by atoms with Gasteiger partial charge in [-0.25, -0.2) is 9.18 Å². The fourth-order valence-corrected chi connectivity index (χ4v) is 2.95. The van der Waals surface area contributed by atoms with E-state index in [0.29, 0.717) is 23.8 Å². The fourth-order valence-electron chi connectivity index (χ4n) is 2.95. The van der Waals surface area contributed by atoms with E-state index in [4.69, 9.17) is 19.9 Å². The van der Waals surface area contributed by atoms with Gasteiger partial charge < -0.3 is 19.9 Å². The van der Waals surface area contributed by atoms with Crippen LogP contribution in [0.4, 0.5) is 4.39 Å². The number of hydrogen-bond acceptors (Lipinski definition) is 6. The highest BCUT2D eigenvalue weighted by atomic mass is 19.1. The van der Waals surface area contributed by atoms with Crippen LogP contribution in [0.5, 0.6) is 5.75 Å². The number of nitrogens with two attached hydrogens (primary N) is 1. The molecule has 1 aromatic rings. The minimum absolute atomic E-state index is 0.00737. The van der Waals surface area contributed by atoms with Gasteiger partial charge in [0.1, 0.15) is 29.0 Å². The van der Waals surface area contributed by atoms with Gasteiger partial charge in [-0.05, 0) is 44.4 Å². The van der Waals surface area contributed by atoms with E-state index in [-0.39, 0.29) is 29.4 Å². The summed E-state index contributed by atoms with van der Waals surface area (Å²) in [6, 6.07) is 5.99. The number of esters is 1. The van der Waals surface area contributed by atoms with E-state index in [0.717, 1.165) is 6.42 Å². The highest BCUT2D eigenvalue weighted by molar-refractivity contribution is 5.92. The van der Waals surface area contributed by atoms with E-state index >= 15 is 0 Å². The zero-order chi connectivity index (χ0) is 20.8. The smallest absolute Gasteiger partial charge is 0.338 e. The number of rotatable bonds is 7. The zero-order valence-electron chi connectivity index (χ0n) is 16.5. The molecule has 0 saturated carbocycles. The third kappa shape index (κ3) is 4.63. The van der Waals surface area contributed by atoms with Crippen molar-refractivity contribution in [3.05, 3.63) is 52.4 Å². The largest absolute Gasteiger partial charge is 0.493 e. The molecule has 1 aliphatic heterocycles. The number of allylic oxidation sites excluding steroid dienone is 2. The predicted molar refractivity (Wildman–Crippen MR) is 101 cm³/mol. The summed E-state index contributed by atoms with van der Waals surface area (Å²) in [5, 5.41) is 9.64. The molecule has 28 heavy (non-hydrogen) atoms. The maximum atomic E-state index is 14.1. The standard InChI is InChI=1S/C21H25FN2O4/c1-5-26-21(25)18-13(4)28-20(24)16(11-23)19(18)15-10-14(22)6-7-17(15)27-9-8-12(2)3/h6-7,10,12,19H,5,8-9,24H2,1-4H3. The molecular weight excluding hydrogens is 363 g/mol. The molecule has 150 valence electrons. The lowest BCUT2D eigenvalue weighted by molar-refractivity contribution is -0.139. The second-order valence-corrected chi connectivity index (χ2v) is 6.83. The maximum absolute atomic E-state index is 14.1. The molecule has 6 nitrogen and oxygen atoms in total. The van der Waals surface area contributed by atoms with Crippen LogP contribution < -0.4 is 10.5 Å². The quantitative estimate of drug-likeness (QED) is 0.712. The Labute approximate surface area is 164 Å². The van der Waals surface area contributed by atoms with E-state index in [2.05, 4.69) is 13.8 Å². The topological polar surface area (TPSA) is 94.6 Å². The molecule has 0 radical (unpaired) electrons. The van der Waals surface area contributed by atoms with Crippen LogP contribution in [-0.2, 0) is 14.3 Å². The van der Waals surface area contributed by atoms with Crippen LogP contribution in [0, 0.1) is 23.1 Å². The van der Waals surface area contributed by atoms with Crippen LogP contribution in [0.1, 0.15) is 45.6 Å². The highest BCUT2D eigenvalue weighted by Crippen LogP contribution is 2.43. The molecule has 0 aromatic heterocycles. The van der Waals surface area contributed by atoms with Gasteiger partial charge in [0, 0.05) is 5.56 Å². The Morgan fingerprint density at radius 1 is 1.43 bits per heavy atom. The van der Waals surface area contributed by atoms with Crippen LogP contribution in [-0.4, -0.2) is 19.2 Å². The van der Waals surface area contributed by atoms with Crippen molar-refractivity contribution >= 4 is 5.97 Å². The SMILES string of the molecule is CCOC(=O)C1=C(C)OC(N)=C(C#N)C1c1cc(F)ccc1OCCC(C)C. The number of carbonyl (C=O) groups is 1. The number of benzene rings is 1. The molecule has 1 aliphatic rings. The van der Waals surface area contributed by atoms with Gasteiger partial charge >= 0.3 is 5.97 Å². The molecule has 0 saturated heterocycles. The summed E-state index contributed by atoms with van der Waals surface area (Å²) >= 11 is 0. The van der Waals surface area contributed by atoms with Gasteiger partial charge in [0.05, 0.1) is 24.7 Å². The van der Waals surface area contributed by atoms with Gasteiger partial charge in [0.25, 0.3) is 0 Å². The minimum atomic E-state index is -0.942. The Kier molecular flexibility index (Phi) is 7.05. The Morgan fingerprint density at radius 3 is 2.75 bits per heavy atom. The van der Waals surface area contributed by atoms with Crippen molar-refractivity contribution in [1.82, 2.24) is 0 Å². The third-order valence-electron chi connectivity index (χ3n) is 4.34. The normalized spacial score (nSPS) is 16.7. The molecule has 1 unspecified atom stereocenters. The molecule has 1 aromatic carbocycles. The van der Waals surface area contributed by atoms with E-state index in [1.165, 1.54) is 18.2 Å². The van der Waals surface area contributed by atoms with Gasteiger partial charge in [0.2, 0.25) is 5.88 Å². The van der Waals surface area contributed by atoms with Gasteiger partial charge in [-0.15, -0.1) is 0 Å². The number of halogens is 1. The van der Waals surface area contributed by atoms with Crippen LogP contribution in [0.15, 0.2) is 41.0 Å². The fraction of sp³-hybridized carbons (Fsp3) is 0.429. The Balaban J connectivity index is 2.59. The van der Waals surface area contributed by atoms with E-state index in [1.54, 1.807) is 13.8 Å². The second kappa shape index (κ2) is 9.27. The van der Waals surface area contributed by atoms with Crippen molar-refractivity contribution in [2.24, 2.45) is 11.7 Å². The lowest BCUT2D eigenvalue weighted by Gasteiger charge is -2.28. The molecular formula is C21H25FN2O4. The Bertz CT molecular complexity index is 852. The molecule has 7 heteroatoms. The average molecular weight is 388 g/mol. The highest BCUT2D eigenvalue weighted by Gasteiger charge is 2.38.